The molecule has 1 aromatic rings. The van der Waals surface area contributed by atoms with Crippen molar-refractivity contribution in [3.63, 3.8) is 0 Å². The van der Waals surface area contributed by atoms with E-state index < -0.39 is 17.4 Å². The molecule has 2 aliphatic rings. The summed E-state index contributed by atoms with van der Waals surface area (Å²) in [4.78, 5) is 41.8. The summed E-state index contributed by atoms with van der Waals surface area (Å²) in [6, 6.07) is 3.68. The van der Waals surface area contributed by atoms with Crippen LogP contribution in [0.25, 0.3) is 0 Å². The van der Waals surface area contributed by atoms with Crippen LogP contribution in [0.5, 0.6) is 0 Å². The van der Waals surface area contributed by atoms with Crippen molar-refractivity contribution in [2.75, 3.05) is 6.54 Å². The van der Waals surface area contributed by atoms with Gasteiger partial charge >= 0.3 is 5.97 Å². The van der Waals surface area contributed by atoms with Crippen LogP contribution in [0.15, 0.2) is 24.5 Å². The average molecular weight is 331 g/mol. The van der Waals surface area contributed by atoms with Gasteiger partial charge in [0.25, 0.3) is 0 Å². The van der Waals surface area contributed by atoms with Crippen LogP contribution in [0.4, 0.5) is 0 Å². The first-order chi connectivity index (χ1) is 11.5. The van der Waals surface area contributed by atoms with Gasteiger partial charge in [0.1, 0.15) is 5.54 Å². The molecule has 7 heteroatoms. The summed E-state index contributed by atoms with van der Waals surface area (Å²) in [5.74, 6) is -1.90. The number of carbonyl (C=O) groups excluding carboxylic acids is 2. The summed E-state index contributed by atoms with van der Waals surface area (Å²) in [7, 11) is 0. The lowest BCUT2D eigenvalue weighted by Crippen LogP contribution is -2.54. The predicted octanol–water partition coefficient (Wildman–Crippen LogP) is 0.944. The first-order valence-corrected chi connectivity index (χ1v) is 8.22. The zero-order valence-electron chi connectivity index (χ0n) is 13.4. The zero-order chi connectivity index (χ0) is 17.2. The average Bonchev–Trinajstić information content (AvgIpc) is 3.17. The molecule has 0 spiro atoms. The highest BCUT2D eigenvalue weighted by Crippen LogP contribution is 2.31. The minimum atomic E-state index is -1.16. The molecule has 128 valence electrons. The van der Waals surface area contributed by atoms with E-state index in [9.17, 15) is 19.5 Å². The van der Waals surface area contributed by atoms with Gasteiger partial charge in [-0.05, 0) is 24.5 Å². The van der Waals surface area contributed by atoms with E-state index in [1.165, 1.54) is 0 Å². The van der Waals surface area contributed by atoms with Gasteiger partial charge in [0, 0.05) is 31.9 Å². The molecule has 3 rings (SSSR count). The highest BCUT2D eigenvalue weighted by Gasteiger charge is 2.45. The molecule has 2 N–H and O–H groups in total. The van der Waals surface area contributed by atoms with Crippen LogP contribution in [0.2, 0.25) is 0 Å². The number of likely N-dealkylation sites (tertiary alicyclic amines) is 1. The number of aliphatic carboxylic acids is 1. The normalized spacial score (nSPS) is 22.6. The van der Waals surface area contributed by atoms with Gasteiger partial charge in [0.2, 0.25) is 11.8 Å². The third kappa shape index (κ3) is 3.25. The number of aromatic nitrogens is 1. The number of carboxylic acids is 1. The Hall–Kier alpha value is -2.44. The van der Waals surface area contributed by atoms with Gasteiger partial charge in [0.15, 0.2) is 0 Å². The second-order valence-electron chi connectivity index (χ2n) is 6.62. The van der Waals surface area contributed by atoms with Crippen molar-refractivity contribution in [2.45, 2.75) is 44.2 Å². The van der Waals surface area contributed by atoms with E-state index >= 15 is 0 Å². The van der Waals surface area contributed by atoms with Crippen LogP contribution in [0.3, 0.4) is 0 Å². The molecule has 2 heterocycles. The minimum Gasteiger partial charge on any atom is -0.480 e. The van der Waals surface area contributed by atoms with Crippen LogP contribution >= 0.6 is 0 Å². The van der Waals surface area contributed by atoms with Crippen LogP contribution in [-0.4, -0.2) is 44.9 Å². The summed E-state index contributed by atoms with van der Waals surface area (Å²) in [5, 5.41) is 12.2. The smallest absolute Gasteiger partial charge is 0.329 e. The third-order valence-corrected chi connectivity index (χ3v) is 4.91. The SMILES string of the molecule is O=C(NC1(C(=O)O)CCCC1)[C@H]1CC(=O)N(Cc2cccnc2)C1. The lowest BCUT2D eigenvalue weighted by atomic mass is 9.96. The summed E-state index contributed by atoms with van der Waals surface area (Å²) in [6.07, 6.45) is 5.98. The van der Waals surface area contributed by atoms with E-state index in [4.69, 9.17) is 0 Å². The molecule has 1 aromatic heterocycles. The highest BCUT2D eigenvalue weighted by atomic mass is 16.4. The predicted molar refractivity (Wildman–Crippen MR) is 84.7 cm³/mol. The summed E-state index contributed by atoms with van der Waals surface area (Å²) in [6.45, 7) is 0.732. The fraction of sp³-hybridized carbons (Fsp3) is 0.529. The maximum absolute atomic E-state index is 12.5. The summed E-state index contributed by atoms with van der Waals surface area (Å²) in [5.41, 5.74) is -0.249. The van der Waals surface area contributed by atoms with Crippen molar-refractivity contribution in [2.24, 2.45) is 5.92 Å². The quantitative estimate of drug-likeness (QED) is 0.836. The lowest BCUT2D eigenvalue weighted by Gasteiger charge is -2.27. The molecule has 7 nitrogen and oxygen atoms in total. The van der Waals surface area contributed by atoms with Gasteiger partial charge in [-0.15, -0.1) is 0 Å². The van der Waals surface area contributed by atoms with Crippen molar-refractivity contribution >= 4 is 17.8 Å². The number of rotatable bonds is 5. The van der Waals surface area contributed by atoms with E-state index in [1.807, 2.05) is 6.07 Å². The Bertz CT molecular complexity index is 640. The van der Waals surface area contributed by atoms with Gasteiger partial charge in [0.05, 0.1) is 5.92 Å². The molecular weight excluding hydrogens is 310 g/mol. The van der Waals surface area contributed by atoms with E-state index in [2.05, 4.69) is 10.3 Å². The van der Waals surface area contributed by atoms with Crippen molar-refractivity contribution in [3.8, 4) is 0 Å². The number of amides is 2. The third-order valence-electron chi connectivity index (χ3n) is 4.91. The maximum atomic E-state index is 12.5. The molecule has 24 heavy (non-hydrogen) atoms. The Labute approximate surface area is 140 Å². The van der Waals surface area contributed by atoms with E-state index in [0.29, 0.717) is 25.9 Å². The molecule has 1 aliphatic carbocycles. The van der Waals surface area contributed by atoms with Gasteiger partial charge in [-0.3, -0.25) is 14.6 Å². The molecule has 1 aliphatic heterocycles. The van der Waals surface area contributed by atoms with E-state index in [0.717, 1.165) is 18.4 Å². The molecule has 1 atom stereocenters. The van der Waals surface area contributed by atoms with E-state index in [-0.39, 0.29) is 18.2 Å². The largest absolute Gasteiger partial charge is 0.480 e. The molecular formula is C17H21N3O4. The van der Waals surface area contributed by atoms with Crippen molar-refractivity contribution in [3.05, 3.63) is 30.1 Å². The van der Waals surface area contributed by atoms with Crippen molar-refractivity contribution in [1.29, 1.82) is 0 Å². The van der Waals surface area contributed by atoms with Gasteiger partial charge in [-0.25, -0.2) is 4.79 Å². The maximum Gasteiger partial charge on any atom is 0.329 e. The monoisotopic (exact) mass is 331 g/mol. The first kappa shape index (κ1) is 16.4. The fourth-order valence-corrected chi connectivity index (χ4v) is 3.52. The van der Waals surface area contributed by atoms with Gasteiger partial charge < -0.3 is 15.3 Å². The number of carboxylic acid groups (broad SMARTS) is 1. The van der Waals surface area contributed by atoms with Crippen molar-refractivity contribution in [1.82, 2.24) is 15.2 Å². The molecule has 1 saturated heterocycles. The topological polar surface area (TPSA) is 99.6 Å². The fourth-order valence-electron chi connectivity index (χ4n) is 3.52. The molecule has 0 radical (unpaired) electrons. The number of pyridine rings is 1. The molecule has 2 fully saturated rings. The number of nitrogens with zero attached hydrogens (tertiary/aromatic N) is 2. The number of carbonyl (C=O) groups is 3. The van der Waals surface area contributed by atoms with Crippen molar-refractivity contribution < 1.29 is 19.5 Å². The minimum absolute atomic E-state index is 0.0881. The number of hydrogen-bond acceptors (Lipinski definition) is 4. The highest BCUT2D eigenvalue weighted by molar-refractivity contribution is 5.92. The van der Waals surface area contributed by atoms with E-state index in [1.54, 1.807) is 23.4 Å². The molecule has 0 unspecified atom stereocenters. The van der Waals surface area contributed by atoms with Gasteiger partial charge in [-0.2, -0.15) is 0 Å². The molecule has 0 aromatic carbocycles. The zero-order valence-corrected chi connectivity index (χ0v) is 13.4. The van der Waals surface area contributed by atoms with Crippen LogP contribution in [0.1, 0.15) is 37.7 Å². The summed E-state index contributed by atoms with van der Waals surface area (Å²) < 4.78 is 0. The number of nitrogens with one attached hydrogen (secondary N) is 1. The molecule has 1 saturated carbocycles. The molecule has 0 bridgehead atoms. The summed E-state index contributed by atoms with van der Waals surface area (Å²) >= 11 is 0. The Morgan fingerprint density at radius 3 is 2.75 bits per heavy atom. The number of hydrogen-bond donors (Lipinski definition) is 2. The first-order valence-electron chi connectivity index (χ1n) is 8.22. The Balaban J connectivity index is 1.62. The second kappa shape index (κ2) is 6.59. The Kier molecular flexibility index (Phi) is 4.51. The lowest BCUT2D eigenvalue weighted by molar-refractivity contribution is -0.148. The Morgan fingerprint density at radius 2 is 2.12 bits per heavy atom. The Morgan fingerprint density at radius 1 is 1.38 bits per heavy atom. The molecule has 2 amide bonds. The van der Waals surface area contributed by atoms with Crippen LogP contribution in [-0.2, 0) is 20.9 Å². The van der Waals surface area contributed by atoms with Crippen LogP contribution < -0.4 is 5.32 Å². The standard InChI is InChI=1S/C17H21N3O4/c21-14-8-13(11-20(14)10-12-4-3-7-18-9-12)15(22)19-17(16(23)24)5-1-2-6-17/h3-4,7,9,13H,1-2,5-6,8,10-11H2,(H,19,22)(H,23,24)/t13-/m0/s1. The van der Waals surface area contributed by atoms with Crippen LogP contribution in [0, 0.1) is 5.92 Å². The van der Waals surface area contributed by atoms with Gasteiger partial charge in [-0.1, -0.05) is 18.9 Å². The second-order valence-corrected chi connectivity index (χ2v) is 6.62.